The van der Waals surface area contributed by atoms with Crippen LogP contribution in [-0.4, -0.2) is 50.3 Å². The molecule has 90 valence electrons. The number of methoxy groups -OCH3 is 1. The van der Waals surface area contributed by atoms with Crippen LogP contribution in [0.4, 0.5) is 0 Å². The average molecular weight is 214 g/mol. The van der Waals surface area contributed by atoms with Crippen LogP contribution >= 0.6 is 0 Å². The van der Waals surface area contributed by atoms with E-state index in [9.17, 15) is 0 Å². The number of hydrogen-bond acceptors (Lipinski definition) is 3. The molecule has 3 nitrogen and oxygen atoms in total. The highest BCUT2D eigenvalue weighted by atomic mass is 16.5. The number of unbranched alkanes of at least 4 members (excludes halogenated alkanes) is 2. The molecule has 0 aromatic rings. The number of piperazine rings is 1. The fraction of sp³-hybridized carbons (Fsp3) is 1.00. The summed E-state index contributed by atoms with van der Waals surface area (Å²) in [5, 5.41) is 3.51. The van der Waals surface area contributed by atoms with E-state index in [1.165, 1.54) is 32.4 Å². The molecule has 1 heterocycles. The Bertz CT molecular complexity index is 164. The zero-order valence-electron chi connectivity index (χ0n) is 10.5. The molecule has 0 aliphatic carbocycles. The van der Waals surface area contributed by atoms with E-state index in [0.717, 1.165) is 13.2 Å². The standard InChI is InChI=1S/C12H26N2O/c1-11-10-14(12(2)9-13-11)7-5-4-6-8-15-3/h11-13H,4-10H2,1-3H3. The lowest BCUT2D eigenvalue weighted by molar-refractivity contribution is 0.140. The summed E-state index contributed by atoms with van der Waals surface area (Å²) in [5.41, 5.74) is 0. The summed E-state index contributed by atoms with van der Waals surface area (Å²) in [5.74, 6) is 0. The molecule has 1 fully saturated rings. The Morgan fingerprint density at radius 3 is 2.80 bits per heavy atom. The third-order valence-corrected chi connectivity index (χ3v) is 3.19. The van der Waals surface area contributed by atoms with Crippen LogP contribution in [0.2, 0.25) is 0 Å². The molecular weight excluding hydrogens is 188 g/mol. The van der Waals surface area contributed by atoms with Gasteiger partial charge in [0.25, 0.3) is 0 Å². The van der Waals surface area contributed by atoms with Crippen molar-refractivity contribution in [2.24, 2.45) is 0 Å². The lowest BCUT2D eigenvalue weighted by Crippen LogP contribution is -2.54. The van der Waals surface area contributed by atoms with Crippen molar-refractivity contribution in [1.29, 1.82) is 0 Å². The molecule has 2 unspecified atom stereocenters. The predicted molar refractivity (Wildman–Crippen MR) is 64.2 cm³/mol. The molecule has 1 aliphatic rings. The largest absolute Gasteiger partial charge is 0.385 e. The molecular formula is C12H26N2O. The van der Waals surface area contributed by atoms with Crippen molar-refractivity contribution in [2.45, 2.75) is 45.2 Å². The highest BCUT2D eigenvalue weighted by Crippen LogP contribution is 2.08. The molecule has 1 aliphatic heterocycles. The van der Waals surface area contributed by atoms with Gasteiger partial charge in [-0.25, -0.2) is 0 Å². The first-order chi connectivity index (χ1) is 7.24. The quantitative estimate of drug-likeness (QED) is 0.678. The van der Waals surface area contributed by atoms with Crippen LogP contribution in [0.3, 0.4) is 0 Å². The van der Waals surface area contributed by atoms with Crippen LogP contribution in [0.25, 0.3) is 0 Å². The van der Waals surface area contributed by atoms with Gasteiger partial charge in [-0.3, -0.25) is 4.90 Å². The van der Waals surface area contributed by atoms with E-state index in [1.807, 2.05) is 0 Å². The minimum Gasteiger partial charge on any atom is -0.385 e. The van der Waals surface area contributed by atoms with Crippen molar-refractivity contribution in [3.63, 3.8) is 0 Å². The van der Waals surface area contributed by atoms with Crippen LogP contribution in [-0.2, 0) is 4.74 Å². The third kappa shape index (κ3) is 4.96. The second-order valence-electron chi connectivity index (χ2n) is 4.71. The molecule has 1 rings (SSSR count). The maximum atomic E-state index is 5.05. The van der Waals surface area contributed by atoms with Crippen molar-refractivity contribution >= 4 is 0 Å². The Balaban J connectivity index is 2.08. The average Bonchev–Trinajstić information content (AvgIpc) is 2.23. The second-order valence-corrected chi connectivity index (χ2v) is 4.71. The Morgan fingerprint density at radius 1 is 1.27 bits per heavy atom. The summed E-state index contributed by atoms with van der Waals surface area (Å²) in [7, 11) is 1.78. The minimum absolute atomic E-state index is 0.653. The van der Waals surface area contributed by atoms with Crippen molar-refractivity contribution < 1.29 is 4.74 Å². The lowest BCUT2D eigenvalue weighted by Gasteiger charge is -2.37. The third-order valence-electron chi connectivity index (χ3n) is 3.19. The molecule has 0 amide bonds. The van der Waals surface area contributed by atoms with Crippen molar-refractivity contribution in [3.8, 4) is 0 Å². The normalized spacial score (nSPS) is 28.2. The van der Waals surface area contributed by atoms with E-state index in [0.29, 0.717) is 12.1 Å². The Labute approximate surface area is 94.2 Å². The van der Waals surface area contributed by atoms with E-state index in [-0.39, 0.29) is 0 Å². The van der Waals surface area contributed by atoms with Gasteiger partial charge in [0.05, 0.1) is 0 Å². The van der Waals surface area contributed by atoms with E-state index in [4.69, 9.17) is 4.74 Å². The van der Waals surface area contributed by atoms with Crippen LogP contribution in [0.5, 0.6) is 0 Å². The summed E-state index contributed by atoms with van der Waals surface area (Å²) >= 11 is 0. The van der Waals surface area contributed by atoms with E-state index >= 15 is 0 Å². The van der Waals surface area contributed by atoms with Crippen LogP contribution in [0.1, 0.15) is 33.1 Å². The van der Waals surface area contributed by atoms with Gasteiger partial charge in [0.1, 0.15) is 0 Å². The van der Waals surface area contributed by atoms with Gasteiger partial charge in [-0.2, -0.15) is 0 Å². The Kier molecular flexibility index (Phi) is 6.22. The molecule has 1 saturated heterocycles. The maximum Gasteiger partial charge on any atom is 0.0462 e. The Morgan fingerprint density at radius 2 is 2.07 bits per heavy atom. The first kappa shape index (κ1) is 12.9. The van der Waals surface area contributed by atoms with Gasteiger partial charge >= 0.3 is 0 Å². The number of rotatable bonds is 6. The highest BCUT2D eigenvalue weighted by molar-refractivity contribution is 4.80. The van der Waals surface area contributed by atoms with Gasteiger partial charge < -0.3 is 10.1 Å². The zero-order chi connectivity index (χ0) is 11.1. The predicted octanol–water partition coefficient (Wildman–Crippen LogP) is 1.49. The number of nitrogens with zero attached hydrogens (tertiary/aromatic N) is 1. The van der Waals surface area contributed by atoms with Crippen LogP contribution in [0.15, 0.2) is 0 Å². The molecule has 0 aromatic heterocycles. The van der Waals surface area contributed by atoms with Gasteiger partial charge in [-0.1, -0.05) is 0 Å². The number of ether oxygens (including phenoxy) is 1. The summed E-state index contributed by atoms with van der Waals surface area (Å²) in [6.45, 7) is 9.08. The topological polar surface area (TPSA) is 24.5 Å². The molecule has 0 spiro atoms. The van der Waals surface area contributed by atoms with E-state index < -0.39 is 0 Å². The SMILES string of the molecule is COCCCCCN1CC(C)NCC1C. The van der Waals surface area contributed by atoms with Gasteiger partial charge in [0.15, 0.2) is 0 Å². The van der Waals surface area contributed by atoms with Crippen LogP contribution in [0, 0.1) is 0 Å². The summed E-state index contributed by atoms with van der Waals surface area (Å²) in [6, 6.07) is 1.35. The summed E-state index contributed by atoms with van der Waals surface area (Å²) in [6.07, 6.45) is 3.80. The van der Waals surface area contributed by atoms with Crippen LogP contribution < -0.4 is 5.32 Å². The molecule has 2 atom stereocenters. The van der Waals surface area contributed by atoms with Crippen molar-refractivity contribution in [3.05, 3.63) is 0 Å². The second kappa shape index (κ2) is 7.20. The van der Waals surface area contributed by atoms with Gasteiger partial charge in [0, 0.05) is 38.9 Å². The molecule has 0 bridgehead atoms. The molecule has 3 heteroatoms. The fourth-order valence-corrected chi connectivity index (χ4v) is 2.15. The zero-order valence-corrected chi connectivity index (χ0v) is 10.5. The van der Waals surface area contributed by atoms with Crippen molar-refractivity contribution in [2.75, 3.05) is 33.4 Å². The number of nitrogens with one attached hydrogen (secondary N) is 1. The molecule has 0 aromatic carbocycles. The molecule has 1 N–H and O–H groups in total. The van der Waals surface area contributed by atoms with Gasteiger partial charge in [-0.05, 0) is 39.7 Å². The number of hydrogen-bond donors (Lipinski definition) is 1. The summed E-state index contributed by atoms with van der Waals surface area (Å²) < 4.78 is 5.05. The summed E-state index contributed by atoms with van der Waals surface area (Å²) in [4.78, 5) is 2.61. The highest BCUT2D eigenvalue weighted by Gasteiger charge is 2.21. The Hall–Kier alpha value is -0.120. The van der Waals surface area contributed by atoms with Crippen molar-refractivity contribution in [1.82, 2.24) is 10.2 Å². The smallest absolute Gasteiger partial charge is 0.0462 e. The van der Waals surface area contributed by atoms with Gasteiger partial charge in [-0.15, -0.1) is 0 Å². The fourth-order valence-electron chi connectivity index (χ4n) is 2.15. The first-order valence-electron chi connectivity index (χ1n) is 6.20. The van der Waals surface area contributed by atoms with E-state index in [1.54, 1.807) is 7.11 Å². The monoisotopic (exact) mass is 214 g/mol. The van der Waals surface area contributed by atoms with E-state index in [2.05, 4.69) is 24.1 Å². The molecule has 0 saturated carbocycles. The first-order valence-corrected chi connectivity index (χ1v) is 6.20. The molecule has 0 radical (unpaired) electrons. The lowest BCUT2D eigenvalue weighted by atomic mass is 10.1. The molecule has 15 heavy (non-hydrogen) atoms. The minimum atomic E-state index is 0.653. The maximum absolute atomic E-state index is 5.05. The van der Waals surface area contributed by atoms with Gasteiger partial charge in [0.2, 0.25) is 0 Å².